The first kappa shape index (κ1) is 21.0. The number of nitrogens with zero attached hydrogens (tertiary/aromatic N) is 1. The summed E-state index contributed by atoms with van der Waals surface area (Å²) < 4.78 is 10.6. The summed E-state index contributed by atoms with van der Waals surface area (Å²) in [5.74, 6) is 1.36. The van der Waals surface area contributed by atoms with Crippen LogP contribution >= 0.6 is 0 Å². The predicted octanol–water partition coefficient (Wildman–Crippen LogP) is 3.98. The number of para-hydroxylation sites is 1. The molecule has 162 valence electrons. The number of rotatable bonds is 7. The number of carbonyl (C=O) groups excluding carboxylic acids is 1. The maximum atomic E-state index is 12.7. The number of fused-ring (bicyclic) bond motifs is 1. The van der Waals surface area contributed by atoms with Gasteiger partial charge in [0, 0.05) is 42.3 Å². The standard InChI is InChI=1S/C25H29N3O3/c1-17(25(29)27-15-18-8-9-23(30-2)24(14-18)31-3)28-12-10-19(11-13-28)21-16-26-22-7-5-4-6-20(21)22/h4-10,14,16-17,26H,11-13,15H2,1-3H3,(H,27,29)/t17-/m1/s1. The van der Waals surface area contributed by atoms with Crippen LogP contribution in [0.1, 0.15) is 24.5 Å². The molecular weight excluding hydrogens is 390 g/mol. The number of benzene rings is 2. The van der Waals surface area contributed by atoms with Crippen LogP contribution in [0.4, 0.5) is 0 Å². The lowest BCUT2D eigenvalue weighted by molar-refractivity contribution is -0.125. The number of hydrogen-bond donors (Lipinski definition) is 2. The number of methoxy groups -OCH3 is 2. The molecule has 1 atom stereocenters. The fraction of sp³-hybridized carbons (Fsp3) is 0.320. The van der Waals surface area contributed by atoms with E-state index in [1.807, 2.05) is 31.2 Å². The molecule has 1 aliphatic heterocycles. The summed E-state index contributed by atoms with van der Waals surface area (Å²) in [6.45, 7) is 4.04. The molecule has 4 rings (SSSR count). The molecule has 0 aliphatic carbocycles. The van der Waals surface area contributed by atoms with E-state index in [1.165, 1.54) is 16.5 Å². The van der Waals surface area contributed by atoms with Crippen LogP contribution in [0.25, 0.3) is 16.5 Å². The summed E-state index contributed by atoms with van der Waals surface area (Å²) in [4.78, 5) is 18.3. The Morgan fingerprint density at radius 2 is 1.97 bits per heavy atom. The van der Waals surface area contributed by atoms with Gasteiger partial charge in [-0.05, 0) is 42.7 Å². The molecule has 6 heteroatoms. The second kappa shape index (κ2) is 9.27. The molecule has 0 radical (unpaired) electrons. The van der Waals surface area contributed by atoms with Gasteiger partial charge < -0.3 is 19.8 Å². The minimum absolute atomic E-state index is 0.0266. The zero-order chi connectivity index (χ0) is 21.8. The van der Waals surface area contributed by atoms with Crippen molar-refractivity contribution in [2.75, 3.05) is 27.3 Å². The predicted molar refractivity (Wildman–Crippen MR) is 123 cm³/mol. The highest BCUT2D eigenvalue weighted by molar-refractivity contribution is 5.92. The van der Waals surface area contributed by atoms with Crippen LogP contribution < -0.4 is 14.8 Å². The van der Waals surface area contributed by atoms with Crippen LogP contribution in [-0.2, 0) is 11.3 Å². The van der Waals surface area contributed by atoms with Crippen LogP contribution in [0.2, 0.25) is 0 Å². The van der Waals surface area contributed by atoms with Crippen LogP contribution in [0.3, 0.4) is 0 Å². The van der Waals surface area contributed by atoms with E-state index in [0.717, 1.165) is 30.6 Å². The van der Waals surface area contributed by atoms with Crippen LogP contribution in [0.15, 0.2) is 54.7 Å². The van der Waals surface area contributed by atoms with Gasteiger partial charge in [-0.1, -0.05) is 30.3 Å². The van der Waals surface area contributed by atoms with Crippen molar-refractivity contribution >= 4 is 22.4 Å². The molecule has 1 aliphatic rings. The summed E-state index contributed by atoms with van der Waals surface area (Å²) in [5.41, 5.74) is 4.73. The molecule has 0 unspecified atom stereocenters. The van der Waals surface area contributed by atoms with Gasteiger partial charge in [-0.3, -0.25) is 9.69 Å². The van der Waals surface area contributed by atoms with Crippen molar-refractivity contribution in [1.82, 2.24) is 15.2 Å². The van der Waals surface area contributed by atoms with Crippen molar-refractivity contribution in [2.24, 2.45) is 0 Å². The SMILES string of the molecule is COc1ccc(CNC(=O)[C@@H](C)N2CC=C(c3c[nH]c4ccccc34)CC2)cc1OC. The number of nitrogens with one attached hydrogen (secondary N) is 2. The second-order valence-corrected chi connectivity index (χ2v) is 7.81. The van der Waals surface area contributed by atoms with E-state index >= 15 is 0 Å². The molecular formula is C25H29N3O3. The topological polar surface area (TPSA) is 66.6 Å². The molecule has 2 heterocycles. The zero-order valence-electron chi connectivity index (χ0n) is 18.3. The Morgan fingerprint density at radius 1 is 1.16 bits per heavy atom. The average molecular weight is 420 g/mol. The molecule has 1 aromatic heterocycles. The number of aromatic nitrogens is 1. The van der Waals surface area contributed by atoms with Gasteiger partial charge in [0.15, 0.2) is 11.5 Å². The van der Waals surface area contributed by atoms with Crippen molar-refractivity contribution in [1.29, 1.82) is 0 Å². The van der Waals surface area contributed by atoms with Crippen molar-refractivity contribution in [3.63, 3.8) is 0 Å². The van der Waals surface area contributed by atoms with Crippen LogP contribution in [0, 0.1) is 0 Å². The van der Waals surface area contributed by atoms with E-state index in [4.69, 9.17) is 9.47 Å². The summed E-state index contributed by atoms with van der Waals surface area (Å²) in [7, 11) is 3.22. The Hall–Kier alpha value is -3.25. The number of ether oxygens (including phenoxy) is 2. The largest absolute Gasteiger partial charge is 0.493 e. The van der Waals surface area contributed by atoms with Gasteiger partial charge in [-0.25, -0.2) is 0 Å². The summed E-state index contributed by atoms with van der Waals surface area (Å²) in [6, 6.07) is 13.8. The molecule has 31 heavy (non-hydrogen) atoms. The Bertz CT molecular complexity index is 1100. The van der Waals surface area contributed by atoms with Gasteiger partial charge in [0.05, 0.1) is 20.3 Å². The van der Waals surface area contributed by atoms with Gasteiger partial charge in [0.25, 0.3) is 0 Å². The Labute approximate surface area is 182 Å². The number of H-pyrrole nitrogens is 1. The number of amides is 1. The van der Waals surface area contributed by atoms with Crippen LogP contribution in [0.5, 0.6) is 11.5 Å². The second-order valence-electron chi connectivity index (χ2n) is 7.81. The van der Waals surface area contributed by atoms with E-state index < -0.39 is 0 Å². The Morgan fingerprint density at radius 3 is 2.71 bits per heavy atom. The third-order valence-electron chi connectivity index (χ3n) is 6.02. The van der Waals surface area contributed by atoms with Gasteiger partial charge in [0.2, 0.25) is 5.91 Å². The quantitative estimate of drug-likeness (QED) is 0.608. The molecule has 0 fully saturated rings. The average Bonchev–Trinajstić information content (AvgIpc) is 3.26. The summed E-state index contributed by atoms with van der Waals surface area (Å²) in [6.07, 6.45) is 5.26. The Balaban J connectivity index is 1.36. The normalized spacial score (nSPS) is 15.4. The molecule has 6 nitrogen and oxygen atoms in total. The van der Waals surface area contributed by atoms with E-state index in [-0.39, 0.29) is 11.9 Å². The number of aromatic amines is 1. The highest BCUT2D eigenvalue weighted by Crippen LogP contribution is 2.30. The van der Waals surface area contributed by atoms with Crippen molar-refractivity contribution in [3.05, 3.63) is 65.9 Å². The minimum Gasteiger partial charge on any atom is -0.493 e. The van der Waals surface area contributed by atoms with Gasteiger partial charge in [-0.2, -0.15) is 0 Å². The van der Waals surface area contributed by atoms with E-state index in [2.05, 4.69) is 45.7 Å². The van der Waals surface area contributed by atoms with E-state index in [0.29, 0.717) is 18.0 Å². The first-order valence-corrected chi connectivity index (χ1v) is 10.6. The molecule has 0 bridgehead atoms. The number of hydrogen-bond acceptors (Lipinski definition) is 4. The van der Waals surface area contributed by atoms with Crippen molar-refractivity contribution in [3.8, 4) is 11.5 Å². The monoisotopic (exact) mass is 419 g/mol. The molecule has 0 saturated carbocycles. The maximum Gasteiger partial charge on any atom is 0.237 e. The fourth-order valence-electron chi connectivity index (χ4n) is 4.11. The lowest BCUT2D eigenvalue weighted by Crippen LogP contribution is -2.46. The zero-order valence-corrected chi connectivity index (χ0v) is 18.3. The van der Waals surface area contributed by atoms with Crippen LogP contribution in [-0.4, -0.2) is 49.1 Å². The smallest absolute Gasteiger partial charge is 0.237 e. The molecule has 1 amide bonds. The highest BCUT2D eigenvalue weighted by Gasteiger charge is 2.24. The van der Waals surface area contributed by atoms with Gasteiger partial charge in [-0.15, -0.1) is 0 Å². The third kappa shape index (κ3) is 4.44. The fourth-order valence-corrected chi connectivity index (χ4v) is 4.11. The molecule has 0 spiro atoms. The van der Waals surface area contributed by atoms with Crippen molar-refractivity contribution < 1.29 is 14.3 Å². The van der Waals surface area contributed by atoms with Gasteiger partial charge >= 0.3 is 0 Å². The first-order valence-electron chi connectivity index (χ1n) is 10.6. The molecule has 2 N–H and O–H groups in total. The maximum absolute atomic E-state index is 12.7. The molecule has 0 saturated heterocycles. The summed E-state index contributed by atoms with van der Waals surface area (Å²) in [5, 5.41) is 4.30. The number of carbonyl (C=O) groups is 1. The van der Waals surface area contributed by atoms with E-state index in [9.17, 15) is 4.79 Å². The van der Waals surface area contributed by atoms with E-state index in [1.54, 1.807) is 14.2 Å². The van der Waals surface area contributed by atoms with Crippen molar-refractivity contribution in [2.45, 2.75) is 25.9 Å². The third-order valence-corrected chi connectivity index (χ3v) is 6.02. The minimum atomic E-state index is -0.194. The highest BCUT2D eigenvalue weighted by atomic mass is 16.5. The Kier molecular flexibility index (Phi) is 6.28. The molecule has 3 aromatic rings. The summed E-state index contributed by atoms with van der Waals surface area (Å²) >= 11 is 0. The molecule has 2 aromatic carbocycles. The lowest BCUT2D eigenvalue weighted by Gasteiger charge is -2.31. The lowest BCUT2D eigenvalue weighted by atomic mass is 9.98. The van der Waals surface area contributed by atoms with Gasteiger partial charge in [0.1, 0.15) is 0 Å². The first-order chi connectivity index (χ1) is 15.1.